The van der Waals surface area contributed by atoms with E-state index < -0.39 is 0 Å². The second-order valence-corrected chi connectivity index (χ2v) is 4.27. The van der Waals surface area contributed by atoms with Gasteiger partial charge in [0.1, 0.15) is 11.6 Å². The van der Waals surface area contributed by atoms with E-state index in [1.165, 1.54) is 30.3 Å². The molecule has 0 aromatic heterocycles. The van der Waals surface area contributed by atoms with Crippen LogP contribution in [0.5, 0.6) is 0 Å². The summed E-state index contributed by atoms with van der Waals surface area (Å²) in [5.41, 5.74) is 1.63. The molecule has 19 heavy (non-hydrogen) atoms. The summed E-state index contributed by atoms with van der Waals surface area (Å²) in [5, 5.41) is 2.70. The van der Waals surface area contributed by atoms with E-state index in [9.17, 15) is 13.6 Å². The van der Waals surface area contributed by atoms with Crippen molar-refractivity contribution in [2.24, 2.45) is 0 Å². The highest BCUT2D eigenvalue weighted by Gasteiger charge is 2.07. The predicted octanol–water partition coefficient (Wildman–Crippen LogP) is 3.20. The van der Waals surface area contributed by atoms with Gasteiger partial charge in [0.15, 0.2) is 0 Å². The largest absolute Gasteiger partial charge is 0.348 e. The first-order valence-corrected chi connectivity index (χ1v) is 5.85. The van der Waals surface area contributed by atoms with Gasteiger partial charge in [-0.05, 0) is 48.4 Å². The van der Waals surface area contributed by atoms with Crippen LogP contribution in [-0.2, 0) is 6.54 Å². The van der Waals surface area contributed by atoms with Gasteiger partial charge in [-0.3, -0.25) is 4.79 Å². The number of benzene rings is 2. The van der Waals surface area contributed by atoms with Crippen LogP contribution in [0.1, 0.15) is 21.5 Å². The maximum absolute atomic E-state index is 13.1. The van der Waals surface area contributed by atoms with Crippen molar-refractivity contribution in [1.29, 1.82) is 0 Å². The minimum atomic E-state index is -0.338. The van der Waals surface area contributed by atoms with E-state index in [1.807, 2.05) is 0 Å². The zero-order valence-corrected chi connectivity index (χ0v) is 10.4. The number of rotatable bonds is 3. The van der Waals surface area contributed by atoms with Crippen LogP contribution >= 0.6 is 0 Å². The molecule has 1 amide bonds. The quantitative estimate of drug-likeness (QED) is 0.903. The van der Waals surface area contributed by atoms with Crippen LogP contribution in [0.2, 0.25) is 0 Å². The molecule has 2 nitrogen and oxygen atoms in total. The van der Waals surface area contributed by atoms with Gasteiger partial charge in [-0.25, -0.2) is 8.78 Å². The van der Waals surface area contributed by atoms with Gasteiger partial charge in [0.05, 0.1) is 0 Å². The van der Waals surface area contributed by atoms with Gasteiger partial charge in [-0.15, -0.1) is 0 Å². The molecule has 4 heteroatoms. The minimum absolute atomic E-state index is 0.285. The molecule has 0 aliphatic carbocycles. The van der Waals surface area contributed by atoms with E-state index >= 15 is 0 Å². The molecular weight excluding hydrogens is 248 g/mol. The molecule has 1 N–H and O–H groups in total. The van der Waals surface area contributed by atoms with Crippen molar-refractivity contribution < 1.29 is 13.6 Å². The summed E-state index contributed by atoms with van der Waals surface area (Å²) >= 11 is 0. The molecule has 0 atom stereocenters. The van der Waals surface area contributed by atoms with Crippen LogP contribution in [-0.4, -0.2) is 5.91 Å². The summed E-state index contributed by atoms with van der Waals surface area (Å²) in [4.78, 5) is 11.8. The van der Waals surface area contributed by atoms with E-state index in [4.69, 9.17) is 0 Å². The fraction of sp³-hybridized carbons (Fsp3) is 0.133. The third-order valence-electron chi connectivity index (χ3n) is 2.79. The Hall–Kier alpha value is -2.23. The van der Waals surface area contributed by atoms with Crippen molar-refractivity contribution in [3.8, 4) is 0 Å². The molecular formula is C15H13F2NO. The van der Waals surface area contributed by atoms with Gasteiger partial charge < -0.3 is 5.32 Å². The average Bonchev–Trinajstić information content (AvgIpc) is 2.41. The van der Waals surface area contributed by atoms with Crippen molar-refractivity contribution >= 4 is 5.91 Å². The second-order valence-electron chi connectivity index (χ2n) is 4.27. The lowest BCUT2D eigenvalue weighted by Gasteiger charge is -2.06. The Balaban J connectivity index is 2.01. The molecule has 0 saturated heterocycles. The van der Waals surface area contributed by atoms with Gasteiger partial charge in [-0.1, -0.05) is 12.1 Å². The molecule has 2 aromatic carbocycles. The molecule has 0 aliphatic rings. The Kier molecular flexibility index (Phi) is 3.90. The number of hydrogen-bond acceptors (Lipinski definition) is 1. The second kappa shape index (κ2) is 5.61. The minimum Gasteiger partial charge on any atom is -0.348 e. The summed E-state index contributed by atoms with van der Waals surface area (Å²) in [6.45, 7) is 1.90. The first kappa shape index (κ1) is 13.2. The summed E-state index contributed by atoms with van der Waals surface area (Å²) in [5.74, 6) is -0.938. The maximum atomic E-state index is 13.1. The third kappa shape index (κ3) is 3.37. The number of amides is 1. The van der Waals surface area contributed by atoms with Crippen LogP contribution in [0.4, 0.5) is 8.78 Å². The highest BCUT2D eigenvalue weighted by molar-refractivity contribution is 5.94. The van der Waals surface area contributed by atoms with Crippen molar-refractivity contribution in [2.75, 3.05) is 0 Å². The molecule has 0 saturated carbocycles. The maximum Gasteiger partial charge on any atom is 0.251 e. The van der Waals surface area contributed by atoms with Crippen LogP contribution in [0.25, 0.3) is 0 Å². The first-order valence-electron chi connectivity index (χ1n) is 5.85. The summed E-state index contributed by atoms with van der Waals surface area (Å²) < 4.78 is 25.8. The van der Waals surface area contributed by atoms with Crippen molar-refractivity contribution in [1.82, 2.24) is 5.32 Å². The standard InChI is InChI=1S/C15H13F2NO/c1-10-8-12(4-7-14(10)17)15(19)18-9-11-2-5-13(16)6-3-11/h2-8H,9H2,1H3,(H,18,19). The van der Waals surface area contributed by atoms with Crippen LogP contribution in [0, 0.1) is 18.6 Å². The number of hydrogen-bond donors (Lipinski definition) is 1. The third-order valence-corrected chi connectivity index (χ3v) is 2.79. The first-order chi connectivity index (χ1) is 9.06. The van der Waals surface area contributed by atoms with Gasteiger partial charge in [0.25, 0.3) is 5.91 Å². The van der Waals surface area contributed by atoms with Crippen molar-refractivity contribution in [2.45, 2.75) is 13.5 Å². The summed E-state index contributed by atoms with van der Waals surface area (Å²) in [6.07, 6.45) is 0. The van der Waals surface area contributed by atoms with Gasteiger partial charge >= 0.3 is 0 Å². The van der Waals surface area contributed by atoms with E-state index in [0.717, 1.165) is 5.56 Å². The molecule has 0 radical (unpaired) electrons. The summed E-state index contributed by atoms with van der Waals surface area (Å²) in [7, 11) is 0. The lowest BCUT2D eigenvalue weighted by molar-refractivity contribution is 0.0951. The molecule has 2 aromatic rings. The van der Waals surface area contributed by atoms with Crippen molar-refractivity contribution in [3.63, 3.8) is 0 Å². The zero-order chi connectivity index (χ0) is 13.8. The normalized spacial score (nSPS) is 10.3. The van der Waals surface area contributed by atoms with Gasteiger partial charge in [-0.2, -0.15) is 0 Å². The Labute approximate surface area is 110 Å². The van der Waals surface area contributed by atoms with Crippen LogP contribution in [0.3, 0.4) is 0 Å². The molecule has 98 valence electrons. The van der Waals surface area contributed by atoms with Crippen molar-refractivity contribution in [3.05, 3.63) is 70.8 Å². The number of aryl methyl sites for hydroxylation is 1. The van der Waals surface area contributed by atoms with E-state index in [-0.39, 0.29) is 17.5 Å². The monoisotopic (exact) mass is 261 g/mol. The average molecular weight is 261 g/mol. The lowest BCUT2D eigenvalue weighted by atomic mass is 10.1. The number of carbonyl (C=O) groups excluding carboxylic acids is 1. The Morgan fingerprint density at radius 1 is 1.11 bits per heavy atom. The van der Waals surface area contributed by atoms with E-state index in [2.05, 4.69) is 5.32 Å². The number of nitrogens with one attached hydrogen (secondary N) is 1. The van der Waals surface area contributed by atoms with Gasteiger partial charge in [0, 0.05) is 12.1 Å². The van der Waals surface area contributed by atoms with Crippen LogP contribution in [0.15, 0.2) is 42.5 Å². The smallest absolute Gasteiger partial charge is 0.251 e. The highest BCUT2D eigenvalue weighted by atomic mass is 19.1. The van der Waals surface area contributed by atoms with E-state index in [1.54, 1.807) is 19.1 Å². The van der Waals surface area contributed by atoms with Gasteiger partial charge in [0.2, 0.25) is 0 Å². The number of carbonyl (C=O) groups is 1. The zero-order valence-electron chi connectivity index (χ0n) is 10.4. The van der Waals surface area contributed by atoms with Crippen LogP contribution < -0.4 is 5.32 Å². The topological polar surface area (TPSA) is 29.1 Å². The summed E-state index contributed by atoms with van der Waals surface area (Å²) in [6, 6.07) is 10.1. The highest BCUT2D eigenvalue weighted by Crippen LogP contribution is 2.09. The predicted molar refractivity (Wildman–Crippen MR) is 68.7 cm³/mol. The fourth-order valence-corrected chi connectivity index (χ4v) is 1.67. The Bertz CT molecular complexity index is 594. The number of halogens is 2. The SMILES string of the molecule is Cc1cc(C(=O)NCc2ccc(F)cc2)ccc1F. The molecule has 2 rings (SSSR count). The molecule has 0 bridgehead atoms. The molecule has 0 heterocycles. The fourth-order valence-electron chi connectivity index (χ4n) is 1.67. The van der Waals surface area contributed by atoms with E-state index in [0.29, 0.717) is 17.7 Å². The molecule has 0 fully saturated rings. The molecule has 0 unspecified atom stereocenters. The Morgan fingerprint density at radius 3 is 2.42 bits per heavy atom. The lowest BCUT2D eigenvalue weighted by Crippen LogP contribution is -2.22. The molecule has 0 aliphatic heterocycles. The Morgan fingerprint density at radius 2 is 1.79 bits per heavy atom. The molecule has 0 spiro atoms.